The number of methoxy groups -OCH3 is 1. The van der Waals surface area contributed by atoms with Crippen molar-refractivity contribution >= 4 is 21.7 Å². The maximum atomic E-state index is 12.9. The number of anilines is 1. The van der Waals surface area contributed by atoms with Gasteiger partial charge in [-0.05, 0) is 48.0 Å². The predicted octanol–water partition coefficient (Wildman–Crippen LogP) is 3.88. The van der Waals surface area contributed by atoms with Crippen molar-refractivity contribution in [1.82, 2.24) is 0 Å². The number of hydrogen-bond donors (Lipinski definition) is 0. The van der Waals surface area contributed by atoms with Crippen LogP contribution in [0.1, 0.15) is 15.9 Å². The highest BCUT2D eigenvalue weighted by Crippen LogP contribution is 2.23. The van der Waals surface area contributed by atoms with Gasteiger partial charge >= 0.3 is 5.97 Å². The van der Waals surface area contributed by atoms with Gasteiger partial charge in [-0.1, -0.05) is 36.4 Å². The minimum atomic E-state index is -3.82. The van der Waals surface area contributed by atoms with Crippen LogP contribution in [-0.4, -0.2) is 28.5 Å². The summed E-state index contributed by atoms with van der Waals surface area (Å²) in [6.45, 7) is 0.0525. The van der Waals surface area contributed by atoms with Gasteiger partial charge in [-0.25, -0.2) is 13.2 Å². The second kappa shape index (κ2) is 8.79. The molecule has 0 spiro atoms. The number of esters is 1. The van der Waals surface area contributed by atoms with Gasteiger partial charge in [-0.15, -0.1) is 0 Å². The fourth-order valence-electron chi connectivity index (χ4n) is 2.71. The fraction of sp³-hybridized carbons (Fsp3) is 0.136. The molecule has 3 aromatic carbocycles. The van der Waals surface area contributed by atoms with E-state index in [0.29, 0.717) is 11.4 Å². The number of sulfonamides is 1. The molecule has 0 bridgehead atoms. The van der Waals surface area contributed by atoms with Crippen LogP contribution in [0, 0.1) is 0 Å². The van der Waals surface area contributed by atoms with Crippen LogP contribution in [0.2, 0.25) is 0 Å². The molecule has 3 rings (SSSR count). The molecule has 0 aliphatic heterocycles. The highest BCUT2D eigenvalue weighted by atomic mass is 32.2. The van der Waals surface area contributed by atoms with Crippen molar-refractivity contribution in [3.05, 3.63) is 90.0 Å². The Labute approximate surface area is 170 Å². The maximum Gasteiger partial charge on any atom is 0.338 e. The van der Waals surface area contributed by atoms with E-state index in [1.54, 1.807) is 49.6 Å². The zero-order valence-corrected chi connectivity index (χ0v) is 16.9. The molecule has 0 saturated heterocycles. The van der Waals surface area contributed by atoms with Gasteiger partial charge < -0.3 is 9.47 Å². The van der Waals surface area contributed by atoms with E-state index in [4.69, 9.17) is 9.47 Å². The summed E-state index contributed by atoms with van der Waals surface area (Å²) < 4.78 is 37.5. The molecule has 0 fully saturated rings. The van der Waals surface area contributed by atoms with Crippen LogP contribution in [0.25, 0.3) is 0 Å². The first-order chi connectivity index (χ1) is 13.9. The van der Waals surface area contributed by atoms with Gasteiger partial charge in [0.05, 0.1) is 23.3 Å². The maximum absolute atomic E-state index is 12.9. The smallest absolute Gasteiger partial charge is 0.338 e. The molecule has 0 amide bonds. The summed E-state index contributed by atoms with van der Waals surface area (Å²) in [6.07, 6.45) is 0. The molecule has 0 atom stereocenters. The number of nitrogens with zero attached hydrogens (tertiary/aromatic N) is 1. The lowest BCUT2D eigenvalue weighted by atomic mass is 10.2. The normalized spacial score (nSPS) is 11.0. The molecule has 6 nitrogen and oxygen atoms in total. The third-order valence-corrected chi connectivity index (χ3v) is 6.13. The number of hydrogen-bond acceptors (Lipinski definition) is 5. The van der Waals surface area contributed by atoms with Crippen molar-refractivity contribution in [2.45, 2.75) is 11.5 Å². The van der Waals surface area contributed by atoms with E-state index >= 15 is 0 Å². The van der Waals surface area contributed by atoms with Gasteiger partial charge in [0.2, 0.25) is 0 Å². The van der Waals surface area contributed by atoms with Crippen molar-refractivity contribution in [3.63, 3.8) is 0 Å². The van der Waals surface area contributed by atoms with Crippen molar-refractivity contribution in [2.75, 3.05) is 18.5 Å². The summed E-state index contributed by atoms with van der Waals surface area (Å²) in [6, 6.07) is 21.7. The van der Waals surface area contributed by atoms with Crippen LogP contribution in [0.4, 0.5) is 5.69 Å². The second-order valence-electron chi connectivity index (χ2n) is 6.26. The first-order valence-corrected chi connectivity index (χ1v) is 10.3. The molecule has 0 radical (unpaired) electrons. The van der Waals surface area contributed by atoms with Crippen molar-refractivity contribution < 1.29 is 22.7 Å². The fourth-order valence-corrected chi connectivity index (χ4v) is 3.95. The molecule has 0 saturated carbocycles. The van der Waals surface area contributed by atoms with Crippen LogP contribution >= 0.6 is 0 Å². The molecular formula is C22H21NO5S. The number of carbonyl (C=O) groups excluding carboxylic acids is 1. The Bertz CT molecular complexity index is 1100. The van der Waals surface area contributed by atoms with E-state index in [2.05, 4.69) is 0 Å². The highest BCUT2D eigenvalue weighted by Gasteiger charge is 2.22. The number of para-hydroxylation sites is 1. The third kappa shape index (κ3) is 4.75. The summed E-state index contributed by atoms with van der Waals surface area (Å²) in [5.41, 5.74) is 1.46. The second-order valence-corrected chi connectivity index (χ2v) is 8.23. The number of benzene rings is 3. The lowest BCUT2D eigenvalue weighted by Gasteiger charge is -2.19. The molecule has 29 heavy (non-hydrogen) atoms. The number of rotatable bonds is 7. The van der Waals surface area contributed by atoms with Crippen LogP contribution in [0.5, 0.6) is 5.75 Å². The molecule has 150 valence electrons. The summed E-state index contributed by atoms with van der Waals surface area (Å²) in [5.74, 6) is 0.0582. The molecule has 0 aromatic heterocycles. The topological polar surface area (TPSA) is 72.9 Å². The van der Waals surface area contributed by atoms with Gasteiger partial charge in [0.15, 0.2) is 0 Å². The minimum Gasteiger partial charge on any atom is -0.497 e. The zero-order chi connectivity index (χ0) is 20.9. The predicted molar refractivity (Wildman–Crippen MR) is 111 cm³/mol. The van der Waals surface area contributed by atoms with Crippen LogP contribution in [0.3, 0.4) is 0 Å². The highest BCUT2D eigenvalue weighted by molar-refractivity contribution is 7.92. The minimum absolute atomic E-state index is 0.0136. The van der Waals surface area contributed by atoms with Gasteiger partial charge in [0.25, 0.3) is 10.0 Å². The lowest BCUT2D eigenvalue weighted by molar-refractivity contribution is 0.0472. The standard InChI is InChI=1S/C22H21NO5S/c1-23(19-10-4-3-5-11-19)29(25,26)21-13-7-9-18(15-21)22(24)28-16-17-8-6-12-20(14-17)27-2/h3-15H,16H2,1-2H3. The molecule has 0 aliphatic carbocycles. The zero-order valence-electron chi connectivity index (χ0n) is 16.1. The Morgan fingerprint density at radius 2 is 1.66 bits per heavy atom. The van der Waals surface area contributed by atoms with Crippen LogP contribution in [-0.2, 0) is 21.4 Å². The van der Waals surface area contributed by atoms with E-state index in [1.807, 2.05) is 12.1 Å². The summed E-state index contributed by atoms with van der Waals surface area (Å²) in [7, 11) is -0.785. The van der Waals surface area contributed by atoms with E-state index in [9.17, 15) is 13.2 Å². The molecule has 0 aliphatic rings. The van der Waals surface area contributed by atoms with Crippen LogP contribution in [0.15, 0.2) is 83.8 Å². The Morgan fingerprint density at radius 3 is 2.38 bits per heavy atom. The first-order valence-electron chi connectivity index (χ1n) is 8.86. The summed E-state index contributed by atoms with van der Waals surface area (Å²) in [4.78, 5) is 12.4. The van der Waals surface area contributed by atoms with Gasteiger partial charge in [0, 0.05) is 7.05 Å². The summed E-state index contributed by atoms with van der Waals surface area (Å²) >= 11 is 0. The van der Waals surface area contributed by atoms with E-state index < -0.39 is 16.0 Å². The van der Waals surface area contributed by atoms with Crippen LogP contribution < -0.4 is 9.04 Å². The largest absolute Gasteiger partial charge is 0.497 e. The average molecular weight is 411 g/mol. The van der Waals surface area contributed by atoms with E-state index in [0.717, 1.165) is 5.56 Å². The third-order valence-electron chi connectivity index (χ3n) is 4.35. The number of carbonyl (C=O) groups is 1. The van der Waals surface area contributed by atoms with E-state index in [-0.39, 0.29) is 17.1 Å². The Balaban J connectivity index is 1.77. The molecule has 3 aromatic rings. The van der Waals surface area contributed by atoms with Crippen molar-refractivity contribution in [2.24, 2.45) is 0 Å². The molecule has 0 N–H and O–H groups in total. The monoisotopic (exact) mass is 411 g/mol. The molecule has 0 unspecified atom stereocenters. The lowest BCUT2D eigenvalue weighted by Crippen LogP contribution is -2.26. The Morgan fingerprint density at radius 1 is 0.931 bits per heavy atom. The Kier molecular flexibility index (Phi) is 6.19. The van der Waals surface area contributed by atoms with Gasteiger partial charge in [0.1, 0.15) is 12.4 Å². The van der Waals surface area contributed by atoms with Gasteiger partial charge in [-0.2, -0.15) is 0 Å². The van der Waals surface area contributed by atoms with E-state index in [1.165, 1.54) is 35.6 Å². The summed E-state index contributed by atoms with van der Waals surface area (Å²) in [5, 5.41) is 0. The Hall–Kier alpha value is -3.32. The molecular weight excluding hydrogens is 390 g/mol. The van der Waals surface area contributed by atoms with Gasteiger partial charge in [-0.3, -0.25) is 4.31 Å². The van der Waals surface area contributed by atoms with Crippen molar-refractivity contribution in [1.29, 1.82) is 0 Å². The number of ether oxygens (including phenoxy) is 2. The molecule has 7 heteroatoms. The quantitative estimate of drug-likeness (QED) is 0.552. The SMILES string of the molecule is COc1cccc(COC(=O)c2cccc(S(=O)(=O)N(C)c3ccccc3)c2)c1. The molecule has 0 heterocycles. The van der Waals surface area contributed by atoms with Crippen molar-refractivity contribution in [3.8, 4) is 5.75 Å². The average Bonchev–Trinajstić information content (AvgIpc) is 2.77. The first kappa shape index (κ1) is 20.4.